The quantitative estimate of drug-likeness (QED) is 0.684. The lowest BCUT2D eigenvalue weighted by atomic mass is 10.1. The third-order valence-corrected chi connectivity index (χ3v) is 2.39. The third kappa shape index (κ3) is 3.76. The number of likely N-dealkylation sites (N-methyl/N-ethyl adjacent to an activating group) is 1. The van der Waals surface area contributed by atoms with Crippen LogP contribution >= 0.6 is 0 Å². The maximum absolute atomic E-state index is 12.8. The highest BCUT2D eigenvalue weighted by Crippen LogP contribution is 2.24. The van der Waals surface area contributed by atoms with Crippen molar-refractivity contribution in [3.8, 4) is 0 Å². The van der Waals surface area contributed by atoms with E-state index in [-0.39, 0.29) is 5.83 Å². The molecule has 0 amide bonds. The molecule has 1 heterocycles. The van der Waals surface area contributed by atoms with E-state index in [1.165, 1.54) is 6.92 Å². The van der Waals surface area contributed by atoms with Gasteiger partial charge in [0.25, 0.3) is 0 Å². The monoisotopic (exact) mass is 203 g/mol. The van der Waals surface area contributed by atoms with Gasteiger partial charge in [0, 0.05) is 19.7 Å². The molecular formula is C11H22FNO. The van der Waals surface area contributed by atoms with E-state index in [9.17, 15) is 4.39 Å². The van der Waals surface area contributed by atoms with Crippen molar-refractivity contribution in [1.82, 2.24) is 4.90 Å². The largest absolute Gasteiger partial charge is 0.383 e. The van der Waals surface area contributed by atoms with Crippen molar-refractivity contribution < 1.29 is 9.13 Å². The van der Waals surface area contributed by atoms with Crippen LogP contribution in [0.5, 0.6) is 0 Å². The van der Waals surface area contributed by atoms with Crippen LogP contribution in [-0.4, -0.2) is 38.3 Å². The molecule has 0 aromatic carbocycles. The van der Waals surface area contributed by atoms with Crippen molar-refractivity contribution in [3.63, 3.8) is 0 Å². The summed E-state index contributed by atoms with van der Waals surface area (Å²) in [6.45, 7) is 6.96. The number of likely N-dealkylation sites (tertiary alicyclic amines) is 1. The molecule has 1 atom stereocenters. The second kappa shape index (κ2) is 6.96. The first kappa shape index (κ1) is 13.6. The lowest BCUT2D eigenvalue weighted by molar-refractivity contribution is 0.129. The van der Waals surface area contributed by atoms with Crippen molar-refractivity contribution in [1.29, 1.82) is 0 Å². The molecule has 3 heteroatoms. The Kier molecular flexibility index (Phi) is 6.75. The SMILES string of the molecule is CC.COCC1C/C(=C(\C)F)CN1C. The van der Waals surface area contributed by atoms with Gasteiger partial charge < -0.3 is 4.74 Å². The van der Waals surface area contributed by atoms with E-state index in [4.69, 9.17) is 4.74 Å². The standard InChI is InChI=1S/C9H16FNO.C2H6/c1-7(10)8-4-9(6-12-3)11(2)5-8;1-2/h9H,4-6H2,1-3H3;1-2H3/b8-7-;. The molecule has 0 saturated carbocycles. The fraction of sp³-hybridized carbons (Fsp3) is 0.818. The van der Waals surface area contributed by atoms with Crippen LogP contribution in [0.3, 0.4) is 0 Å². The van der Waals surface area contributed by atoms with Gasteiger partial charge in [-0.2, -0.15) is 0 Å². The lowest BCUT2D eigenvalue weighted by Gasteiger charge is -2.16. The zero-order valence-corrected chi connectivity index (χ0v) is 9.93. The summed E-state index contributed by atoms with van der Waals surface area (Å²) >= 11 is 0. The minimum Gasteiger partial charge on any atom is -0.383 e. The topological polar surface area (TPSA) is 12.5 Å². The average Bonchev–Trinajstić information content (AvgIpc) is 2.52. The van der Waals surface area contributed by atoms with Gasteiger partial charge in [-0.25, -0.2) is 4.39 Å². The van der Waals surface area contributed by atoms with E-state index in [1.807, 2.05) is 20.9 Å². The van der Waals surface area contributed by atoms with Crippen LogP contribution in [0.2, 0.25) is 0 Å². The van der Waals surface area contributed by atoms with E-state index in [1.54, 1.807) is 7.11 Å². The van der Waals surface area contributed by atoms with Gasteiger partial charge in [-0.15, -0.1) is 0 Å². The van der Waals surface area contributed by atoms with Crippen molar-refractivity contribution in [2.75, 3.05) is 27.3 Å². The van der Waals surface area contributed by atoms with Crippen LogP contribution in [0.15, 0.2) is 11.4 Å². The van der Waals surface area contributed by atoms with E-state index in [2.05, 4.69) is 4.90 Å². The van der Waals surface area contributed by atoms with Crippen LogP contribution < -0.4 is 0 Å². The molecule has 0 N–H and O–H groups in total. The molecule has 1 fully saturated rings. The summed E-state index contributed by atoms with van der Waals surface area (Å²) in [4.78, 5) is 2.13. The number of nitrogens with zero attached hydrogens (tertiary/aromatic N) is 1. The van der Waals surface area contributed by atoms with Crippen LogP contribution in [0.25, 0.3) is 0 Å². The number of halogens is 1. The van der Waals surface area contributed by atoms with E-state index in [0.717, 1.165) is 18.5 Å². The highest BCUT2D eigenvalue weighted by atomic mass is 19.1. The van der Waals surface area contributed by atoms with Crippen LogP contribution in [0.1, 0.15) is 27.2 Å². The van der Waals surface area contributed by atoms with Crippen molar-refractivity contribution in [3.05, 3.63) is 11.4 Å². The molecule has 2 nitrogen and oxygen atoms in total. The molecule has 0 bridgehead atoms. The fourth-order valence-electron chi connectivity index (χ4n) is 1.56. The molecule has 1 aliphatic rings. The first-order valence-corrected chi connectivity index (χ1v) is 5.18. The first-order valence-electron chi connectivity index (χ1n) is 5.18. The van der Waals surface area contributed by atoms with Gasteiger partial charge in [-0.05, 0) is 26.0 Å². The molecule has 1 unspecified atom stereocenters. The second-order valence-electron chi connectivity index (χ2n) is 3.37. The van der Waals surface area contributed by atoms with Gasteiger partial charge in [0.1, 0.15) is 0 Å². The number of allylic oxidation sites excluding steroid dienone is 1. The number of hydrogen-bond donors (Lipinski definition) is 0. The maximum atomic E-state index is 12.8. The molecule has 1 aliphatic heterocycles. The van der Waals surface area contributed by atoms with Gasteiger partial charge in [-0.3, -0.25) is 4.90 Å². The highest BCUT2D eigenvalue weighted by Gasteiger charge is 2.25. The molecule has 0 aromatic rings. The van der Waals surface area contributed by atoms with Gasteiger partial charge in [0.15, 0.2) is 0 Å². The molecule has 1 rings (SSSR count). The Bertz CT molecular complexity index is 188. The summed E-state index contributed by atoms with van der Waals surface area (Å²) in [5.41, 5.74) is 0.916. The number of hydrogen-bond acceptors (Lipinski definition) is 2. The third-order valence-electron chi connectivity index (χ3n) is 2.39. The summed E-state index contributed by atoms with van der Waals surface area (Å²) < 4.78 is 17.8. The normalized spacial score (nSPS) is 25.7. The van der Waals surface area contributed by atoms with Crippen LogP contribution in [0, 0.1) is 0 Å². The number of rotatable bonds is 2. The molecule has 0 radical (unpaired) electrons. The molecule has 84 valence electrons. The molecule has 0 spiro atoms. The number of ether oxygens (including phenoxy) is 1. The smallest absolute Gasteiger partial charge is 0.0974 e. The first-order chi connectivity index (χ1) is 6.65. The van der Waals surface area contributed by atoms with E-state index < -0.39 is 0 Å². The summed E-state index contributed by atoms with van der Waals surface area (Å²) in [6.07, 6.45) is 0.812. The Morgan fingerprint density at radius 3 is 2.50 bits per heavy atom. The Morgan fingerprint density at radius 2 is 2.14 bits per heavy atom. The Balaban J connectivity index is 0.000000791. The Hall–Kier alpha value is -0.410. The fourth-order valence-corrected chi connectivity index (χ4v) is 1.56. The maximum Gasteiger partial charge on any atom is 0.0974 e. The van der Waals surface area contributed by atoms with Crippen molar-refractivity contribution in [2.24, 2.45) is 0 Å². The second-order valence-corrected chi connectivity index (χ2v) is 3.37. The van der Waals surface area contributed by atoms with Crippen molar-refractivity contribution in [2.45, 2.75) is 33.2 Å². The van der Waals surface area contributed by atoms with Gasteiger partial charge in [-0.1, -0.05) is 13.8 Å². The summed E-state index contributed by atoms with van der Waals surface area (Å²) in [7, 11) is 3.68. The average molecular weight is 203 g/mol. The summed E-state index contributed by atoms with van der Waals surface area (Å²) in [6, 6.07) is 0.357. The van der Waals surface area contributed by atoms with E-state index in [0.29, 0.717) is 12.6 Å². The molecule has 14 heavy (non-hydrogen) atoms. The van der Waals surface area contributed by atoms with Gasteiger partial charge in [0.05, 0.1) is 12.4 Å². The summed E-state index contributed by atoms with van der Waals surface area (Å²) in [5, 5.41) is 0. The lowest BCUT2D eigenvalue weighted by Crippen LogP contribution is -2.28. The summed E-state index contributed by atoms with van der Waals surface area (Å²) in [5.74, 6) is -0.0274. The van der Waals surface area contributed by atoms with Gasteiger partial charge in [0.2, 0.25) is 0 Å². The van der Waals surface area contributed by atoms with E-state index >= 15 is 0 Å². The van der Waals surface area contributed by atoms with Crippen molar-refractivity contribution >= 4 is 0 Å². The molecule has 0 aromatic heterocycles. The number of methoxy groups -OCH3 is 1. The predicted octanol–water partition coefficient (Wildman–Crippen LogP) is 2.61. The Labute approximate surface area is 86.7 Å². The zero-order valence-electron chi connectivity index (χ0n) is 9.93. The Morgan fingerprint density at radius 1 is 1.57 bits per heavy atom. The van der Waals surface area contributed by atoms with Crippen LogP contribution in [0.4, 0.5) is 4.39 Å². The molecular weight excluding hydrogens is 181 g/mol. The van der Waals surface area contributed by atoms with Crippen LogP contribution in [-0.2, 0) is 4.74 Å². The zero-order chi connectivity index (χ0) is 11.1. The predicted molar refractivity (Wildman–Crippen MR) is 58.1 cm³/mol. The highest BCUT2D eigenvalue weighted by molar-refractivity contribution is 5.15. The minimum atomic E-state index is -0.0274. The molecule has 0 aliphatic carbocycles. The minimum absolute atomic E-state index is 0.0274. The molecule has 1 saturated heterocycles. The van der Waals surface area contributed by atoms with Gasteiger partial charge >= 0.3 is 0 Å².